The van der Waals surface area contributed by atoms with Crippen LogP contribution in [-0.4, -0.2) is 33.6 Å². The molecule has 2 aromatic heterocycles. The van der Waals surface area contributed by atoms with Crippen LogP contribution in [0.5, 0.6) is 0 Å². The van der Waals surface area contributed by atoms with Gasteiger partial charge in [-0.05, 0) is 38.3 Å². The van der Waals surface area contributed by atoms with Crippen LogP contribution in [0.1, 0.15) is 41.9 Å². The fraction of sp³-hybridized carbons (Fsp3) is 0.231. The van der Waals surface area contributed by atoms with Crippen molar-refractivity contribution < 1.29 is 14.4 Å². The molecule has 0 aliphatic heterocycles. The lowest BCUT2D eigenvalue weighted by Crippen LogP contribution is -2.30. The molecule has 7 nitrogen and oxygen atoms in total. The molecule has 2 aromatic carbocycles. The molecule has 0 spiro atoms. The van der Waals surface area contributed by atoms with Crippen molar-refractivity contribution in [2.24, 2.45) is 0 Å². The first-order valence-corrected chi connectivity index (χ1v) is 11.9. The van der Waals surface area contributed by atoms with Crippen molar-refractivity contribution in [3.63, 3.8) is 0 Å². The van der Waals surface area contributed by atoms with E-state index < -0.39 is 11.7 Å². The van der Waals surface area contributed by atoms with Gasteiger partial charge in [-0.3, -0.25) is 19.7 Å². The molecule has 1 atom stereocenters. The Morgan fingerprint density at radius 2 is 1.82 bits per heavy atom. The number of ketones is 1. The average molecular weight is 475 g/mol. The van der Waals surface area contributed by atoms with E-state index in [-0.39, 0.29) is 11.9 Å². The zero-order valence-corrected chi connectivity index (χ0v) is 20.1. The SMILES string of the molecule is CC(=O)NC(C)CCc1ccc(-c2csc(NC(=O)C(=O)c3c(C)[nH]c4ccccc34)n2)cc1. The number of H-pyrrole nitrogens is 1. The van der Waals surface area contributed by atoms with Gasteiger partial charge in [-0.2, -0.15) is 0 Å². The predicted molar refractivity (Wildman–Crippen MR) is 135 cm³/mol. The highest BCUT2D eigenvalue weighted by Gasteiger charge is 2.23. The van der Waals surface area contributed by atoms with Gasteiger partial charge in [-0.1, -0.05) is 42.5 Å². The Kier molecular flexibility index (Phi) is 6.88. The minimum Gasteiger partial charge on any atom is -0.358 e. The molecule has 174 valence electrons. The Morgan fingerprint density at radius 3 is 2.56 bits per heavy atom. The summed E-state index contributed by atoms with van der Waals surface area (Å²) in [5.74, 6) is -1.32. The summed E-state index contributed by atoms with van der Waals surface area (Å²) in [7, 11) is 0. The molecule has 0 radical (unpaired) electrons. The molecule has 0 fully saturated rings. The van der Waals surface area contributed by atoms with Gasteiger partial charge in [0, 0.05) is 40.5 Å². The Labute approximate surface area is 201 Å². The summed E-state index contributed by atoms with van der Waals surface area (Å²) in [6.45, 7) is 5.30. The Balaban J connectivity index is 1.40. The third-order valence-corrected chi connectivity index (χ3v) is 6.37. The summed E-state index contributed by atoms with van der Waals surface area (Å²) in [5.41, 5.74) is 4.69. The highest BCUT2D eigenvalue weighted by atomic mass is 32.1. The number of aryl methyl sites for hydroxylation is 2. The van der Waals surface area contributed by atoms with Gasteiger partial charge in [0.05, 0.1) is 11.3 Å². The number of Topliss-reactive ketones (excluding diaryl/α,β-unsaturated/α-hetero) is 1. The molecular weight excluding hydrogens is 448 g/mol. The van der Waals surface area contributed by atoms with Crippen molar-refractivity contribution in [3.8, 4) is 11.3 Å². The third-order valence-electron chi connectivity index (χ3n) is 5.62. The zero-order chi connectivity index (χ0) is 24.2. The number of thiazole rings is 1. The number of nitrogens with zero attached hydrogens (tertiary/aromatic N) is 1. The summed E-state index contributed by atoms with van der Waals surface area (Å²) in [4.78, 5) is 44.3. The quantitative estimate of drug-likeness (QED) is 0.250. The van der Waals surface area contributed by atoms with Crippen molar-refractivity contribution in [1.29, 1.82) is 0 Å². The van der Waals surface area contributed by atoms with Gasteiger partial charge in [-0.25, -0.2) is 4.98 Å². The number of aromatic nitrogens is 2. The fourth-order valence-corrected chi connectivity index (χ4v) is 4.66. The van der Waals surface area contributed by atoms with Crippen molar-refractivity contribution in [2.45, 2.75) is 39.7 Å². The number of para-hydroxylation sites is 1. The second kappa shape index (κ2) is 10.0. The van der Waals surface area contributed by atoms with E-state index in [0.717, 1.165) is 35.0 Å². The standard InChI is InChI=1S/C26H26N4O3S/c1-15(27-17(3)31)8-9-18-10-12-19(13-11-18)22-14-34-26(29-22)30-25(33)24(32)23-16(2)28-21-7-5-4-6-20(21)23/h4-7,10-15,28H,8-9H2,1-3H3,(H,27,31)(H,29,30,33). The monoisotopic (exact) mass is 474 g/mol. The minimum atomic E-state index is -0.711. The molecule has 0 bridgehead atoms. The normalized spacial score (nSPS) is 11.9. The highest BCUT2D eigenvalue weighted by Crippen LogP contribution is 2.27. The lowest BCUT2D eigenvalue weighted by Gasteiger charge is -2.12. The maximum atomic E-state index is 12.8. The van der Waals surface area contributed by atoms with Crippen LogP contribution in [-0.2, 0) is 16.0 Å². The van der Waals surface area contributed by atoms with Gasteiger partial charge >= 0.3 is 0 Å². The number of carbonyl (C=O) groups excluding carboxylic acids is 3. The molecule has 8 heteroatoms. The van der Waals surface area contributed by atoms with Crippen LogP contribution >= 0.6 is 11.3 Å². The number of fused-ring (bicyclic) bond motifs is 1. The van der Waals surface area contributed by atoms with E-state index in [1.54, 1.807) is 6.92 Å². The van der Waals surface area contributed by atoms with Crippen LogP contribution < -0.4 is 10.6 Å². The van der Waals surface area contributed by atoms with Gasteiger partial charge in [0.1, 0.15) is 0 Å². The number of amides is 2. The van der Waals surface area contributed by atoms with Crippen LogP contribution in [0.15, 0.2) is 53.9 Å². The molecule has 0 saturated carbocycles. The first kappa shape index (κ1) is 23.4. The summed E-state index contributed by atoms with van der Waals surface area (Å²) >= 11 is 1.28. The van der Waals surface area contributed by atoms with Gasteiger partial charge in [0.25, 0.3) is 11.7 Å². The maximum absolute atomic E-state index is 12.8. The number of nitrogens with one attached hydrogen (secondary N) is 3. The second-order valence-electron chi connectivity index (χ2n) is 8.33. The van der Waals surface area contributed by atoms with Gasteiger partial charge in [0.2, 0.25) is 5.91 Å². The molecule has 1 unspecified atom stereocenters. The third kappa shape index (κ3) is 5.23. The van der Waals surface area contributed by atoms with E-state index in [1.165, 1.54) is 23.8 Å². The Morgan fingerprint density at radius 1 is 1.09 bits per heavy atom. The molecule has 0 aliphatic rings. The number of aromatic amines is 1. The molecule has 4 aromatic rings. The molecule has 2 heterocycles. The van der Waals surface area contributed by atoms with Gasteiger partial charge in [-0.15, -0.1) is 11.3 Å². The summed E-state index contributed by atoms with van der Waals surface area (Å²) in [6.07, 6.45) is 1.71. The average Bonchev–Trinajstić information content (AvgIpc) is 3.40. The lowest BCUT2D eigenvalue weighted by atomic mass is 10.0. The molecular formula is C26H26N4O3S. The minimum absolute atomic E-state index is 0.0208. The first-order chi connectivity index (χ1) is 16.3. The van der Waals surface area contributed by atoms with E-state index in [0.29, 0.717) is 16.4 Å². The molecule has 4 rings (SSSR count). The topological polar surface area (TPSA) is 104 Å². The fourth-order valence-electron chi connectivity index (χ4n) is 3.94. The maximum Gasteiger partial charge on any atom is 0.298 e. The number of hydrogen-bond acceptors (Lipinski definition) is 5. The van der Waals surface area contributed by atoms with Gasteiger partial charge < -0.3 is 10.3 Å². The van der Waals surface area contributed by atoms with Crippen molar-refractivity contribution in [1.82, 2.24) is 15.3 Å². The number of hydrogen-bond donors (Lipinski definition) is 3. The van der Waals surface area contributed by atoms with E-state index in [4.69, 9.17) is 0 Å². The van der Waals surface area contributed by atoms with E-state index >= 15 is 0 Å². The largest absolute Gasteiger partial charge is 0.358 e. The van der Waals surface area contributed by atoms with E-state index in [1.807, 2.05) is 60.8 Å². The zero-order valence-electron chi connectivity index (χ0n) is 19.3. The van der Waals surface area contributed by atoms with Crippen molar-refractivity contribution in [3.05, 3.63) is 70.7 Å². The van der Waals surface area contributed by atoms with Crippen LogP contribution in [0.2, 0.25) is 0 Å². The number of rotatable bonds is 8. The van der Waals surface area contributed by atoms with Crippen LogP contribution in [0.3, 0.4) is 0 Å². The molecule has 3 N–H and O–H groups in total. The van der Waals surface area contributed by atoms with E-state index in [2.05, 4.69) is 20.6 Å². The Bertz CT molecular complexity index is 1350. The van der Waals surface area contributed by atoms with Crippen LogP contribution in [0, 0.1) is 6.92 Å². The van der Waals surface area contributed by atoms with Crippen molar-refractivity contribution >= 4 is 45.0 Å². The van der Waals surface area contributed by atoms with E-state index in [9.17, 15) is 14.4 Å². The molecule has 34 heavy (non-hydrogen) atoms. The lowest BCUT2D eigenvalue weighted by molar-refractivity contribution is -0.119. The number of anilines is 1. The number of benzene rings is 2. The number of carbonyl (C=O) groups is 3. The van der Waals surface area contributed by atoms with Crippen molar-refractivity contribution in [2.75, 3.05) is 5.32 Å². The van der Waals surface area contributed by atoms with Gasteiger partial charge in [0.15, 0.2) is 5.13 Å². The summed E-state index contributed by atoms with van der Waals surface area (Å²) in [5, 5.41) is 8.49. The summed E-state index contributed by atoms with van der Waals surface area (Å²) in [6, 6.07) is 15.6. The highest BCUT2D eigenvalue weighted by molar-refractivity contribution is 7.14. The van der Waals surface area contributed by atoms with Crippen LogP contribution in [0.4, 0.5) is 5.13 Å². The molecule has 2 amide bonds. The van der Waals surface area contributed by atoms with Crippen LogP contribution in [0.25, 0.3) is 22.2 Å². The molecule has 0 aliphatic carbocycles. The smallest absolute Gasteiger partial charge is 0.298 e. The second-order valence-corrected chi connectivity index (χ2v) is 9.19. The first-order valence-electron chi connectivity index (χ1n) is 11.1. The Hall–Kier alpha value is -3.78. The predicted octanol–water partition coefficient (Wildman–Crippen LogP) is 4.88. The molecule has 0 saturated heterocycles. The summed E-state index contributed by atoms with van der Waals surface area (Å²) < 4.78 is 0.